The second-order valence-corrected chi connectivity index (χ2v) is 4.80. The van der Waals surface area contributed by atoms with Crippen molar-refractivity contribution < 1.29 is 0 Å². The highest BCUT2D eigenvalue weighted by Crippen LogP contribution is 2.23. The maximum atomic E-state index is 3.77. The van der Waals surface area contributed by atoms with Gasteiger partial charge in [-0.05, 0) is 36.1 Å². The molecule has 0 nitrogen and oxygen atoms in total. The summed E-state index contributed by atoms with van der Waals surface area (Å²) in [5.41, 5.74) is 6.17. The Morgan fingerprint density at radius 2 is 1.25 bits per heavy atom. The van der Waals surface area contributed by atoms with Crippen LogP contribution in [0.3, 0.4) is 0 Å². The molecule has 0 fully saturated rings. The van der Waals surface area contributed by atoms with E-state index in [1.165, 1.54) is 27.8 Å². The van der Waals surface area contributed by atoms with Gasteiger partial charge in [-0.15, -0.1) is 0 Å². The predicted molar refractivity (Wildman–Crippen MR) is 112 cm³/mol. The molecule has 128 valence electrons. The number of hydrogen-bond acceptors (Lipinski definition) is 0. The normalized spacial score (nSPS) is 10.3. The van der Waals surface area contributed by atoms with Gasteiger partial charge >= 0.3 is 0 Å². The van der Waals surface area contributed by atoms with Crippen LogP contribution in [0.1, 0.15) is 45.7 Å². The Labute approximate surface area is 149 Å². The van der Waals surface area contributed by atoms with Crippen LogP contribution in [0.4, 0.5) is 0 Å². The van der Waals surface area contributed by atoms with E-state index >= 15 is 0 Å². The van der Waals surface area contributed by atoms with E-state index in [9.17, 15) is 0 Å². The number of rotatable bonds is 4. The highest BCUT2D eigenvalue weighted by atomic mass is 14.0. The fourth-order valence-corrected chi connectivity index (χ4v) is 2.16. The molecular formula is C24H32. The molecule has 0 heterocycles. The van der Waals surface area contributed by atoms with Gasteiger partial charge in [-0.2, -0.15) is 0 Å². The van der Waals surface area contributed by atoms with E-state index in [1.54, 1.807) is 0 Å². The summed E-state index contributed by atoms with van der Waals surface area (Å²) in [5.74, 6) is 0. The Morgan fingerprint density at radius 3 is 1.67 bits per heavy atom. The van der Waals surface area contributed by atoms with Crippen molar-refractivity contribution in [2.24, 2.45) is 0 Å². The van der Waals surface area contributed by atoms with Crippen molar-refractivity contribution in [3.05, 3.63) is 90.5 Å². The molecule has 2 rings (SSSR count). The molecule has 0 atom stereocenters. The van der Waals surface area contributed by atoms with Crippen LogP contribution < -0.4 is 0 Å². The molecule has 0 spiro atoms. The van der Waals surface area contributed by atoms with Gasteiger partial charge in [0.05, 0.1) is 0 Å². The molecule has 0 aliphatic rings. The molecule has 0 aromatic heterocycles. The summed E-state index contributed by atoms with van der Waals surface area (Å²) in [7, 11) is 0. The number of aryl methyl sites for hydroxylation is 1. The van der Waals surface area contributed by atoms with Crippen LogP contribution in [-0.2, 0) is 0 Å². The monoisotopic (exact) mass is 320 g/mol. The van der Waals surface area contributed by atoms with Crippen LogP contribution in [0.5, 0.6) is 0 Å². The van der Waals surface area contributed by atoms with Crippen LogP contribution in [0.2, 0.25) is 0 Å². The van der Waals surface area contributed by atoms with Crippen molar-refractivity contribution in [3.63, 3.8) is 0 Å². The van der Waals surface area contributed by atoms with Gasteiger partial charge in [-0.25, -0.2) is 0 Å². The molecule has 24 heavy (non-hydrogen) atoms. The summed E-state index contributed by atoms with van der Waals surface area (Å²) < 4.78 is 0. The number of allylic oxidation sites excluding steroid dienone is 5. The number of hydrogen-bond donors (Lipinski definition) is 0. The first-order valence-electron chi connectivity index (χ1n) is 8.87. The van der Waals surface area contributed by atoms with Gasteiger partial charge in [0, 0.05) is 0 Å². The summed E-state index contributed by atoms with van der Waals surface area (Å²) in [6, 6.07) is 17.3. The highest BCUT2D eigenvalue weighted by molar-refractivity contribution is 5.77. The van der Waals surface area contributed by atoms with E-state index < -0.39 is 0 Å². The maximum absolute atomic E-state index is 3.77. The molecule has 0 bridgehead atoms. The van der Waals surface area contributed by atoms with Gasteiger partial charge in [-0.3, -0.25) is 0 Å². The van der Waals surface area contributed by atoms with E-state index in [2.05, 4.69) is 68.1 Å². The highest BCUT2D eigenvalue weighted by Gasteiger charge is 2.00. The smallest absolute Gasteiger partial charge is 0.0184 e. The minimum absolute atomic E-state index is 1.18. The SMILES string of the molecule is C=C/C=C(\C=C/C)c1ccc(-c2ccc(C)cc2)cc1.CC.CC. The zero-order chi connectivity index (χ0) is 18.4. The lowest BCUT2D eigenvalue weighted by molar-refractivity contribution is 1.47. The van der Waals surface area contributed by atoms with E-state index in [1.807, 2.05) is 52.8 Å². The lowest BCUT2D eigenvalue weighted by Crippen LogP contribution is -1.83. The molecule has 0 unspecified atom stereocenters. The lowest BCUT2D eigenvalue weighted by atomic mass is 9.99. The van der Waals surface area contributed by atoms with E-state index in [0.29, 0.717) is 0 Å². The Kier molecular flexibility index (Phi) is 11.9. The van der Waals surface area contributed by atoms with Gasteiger partial charge in [0.15, 0.2) is 0 Å². The third-order valence-corrected chi connectivity index (χ3v) is 3.25. The molecule has 0 N–H and O–H groups in total. The summed E-state index contributed by atoms with van der Waals surface area (Å²) in [6.45, 7) is 15.9. The number of benzene rings is 2. The Hall–Kier alpha value is -2.34. The summed E-state index contributed by atoms with van der Waals surface area (Å²) in [4.78, 5) is 0. The second-order valence-electron chi connectivity index (χ2n) is 4.80. The van der Waals surface area contributed by atoms with Crippen LogP contribution >= 0.6 is 0 Å². The second kappa shape index (κ2) is 13.1. The van der Waals surface area contributed by atoms with E-state index in [0.717, 1.165) is 0 Å². The summed E-state index contributed by atoms with van der Waals surface area (Å²) in [5, 5.41) is 0. The van der Waals surface area contributed by atoms with Crippen molar-refractivity contribution in [3.8, 4) is 11.1 Å². The van der Waals surface area contributed by atoms with Crippen molar-refractivity contribution in [1.82, 2.24) is 0 Å². The van der Waals surface area contributed by atoms with Crippen molar-refractivity contribution in [1.29, 1.82) is 0 Å². The molecular weight excluding hydrogens is 288 g/mol. The minimum Gasteiger partial charge on any atom is -0.0990 e. The molecule has 2 aromatic rings. The molecule has 0 amide bonds. The minimum atomic E-state index is 1.18. The van der Waals surface area contributed by atoms with Crippen molar-refractivity contribution in [2.45, 2.75) is 41.5 Å². The molecule has 0 saturated carbocycles. The van der Waals surface area contributed by atoms with Gasteiger partial charge in [0.1, 0.15) is 0 Å². The Morgan fingerprint density at radius 1 is 0.792 bits per heavy atom. The van der Waals surface area contributed by atoms with Gasteiger partial charge < -0.3 is 0 Å². The Bertz CT molecular complexity index is 623. The standard InChI is InChI=1S/C20H20.2C2H6/c1-4-6-17(7-5-2)19-12-14-20(15-13-19)18-10-8-16(3)9-11-18;2*1-2/h4-15H,1H2,2-3H3;2*1-2H3/b7-5-,17-6+;;. The van der Waals surface area contributed by atoms with Gasteiger partial charge in [-0.1, -0.05) is 113 Å². The third-order valence-electron chi connectivity index (χ3n) is 3.25. The van der Waals surface area contributed by atoms with Crippen molar-refractivity contribution >= 4 is 5.57 Å². The molecule has 0 saturated heterocycles. The first-order valence-corrected chi connectivity index (χ1v) is 8.87. The van der Waals surface area contributed by atoms with Crippen LogP contribution in [-0.4, -0.2) is 0 Å². The van der Waals surface area contributed by atoms with E-state index in [4.69, 9.17) is 0 Å². The van der Waals surface area contributed by atoms with Crippen LogP contribution in [0.15, 0.2) is 79.4 Å². The molecule has 0 radical (unpaired) electrons. The largest absolute Gasteiger partial charge is 0.0990 e. The average molecular weight is 321 g/mol. The molecule has 0 aliphatic heterocycles. The molecule has 0 aliphatic carbocycles. The average Bonchev–Trinajstić information content (AvgIpc) is 2.66. The van der Waals surface area contributed by atoms with Crippen LogP contribution in [0.25, 0.3) is 16.7 Å². The lowest BCUT2D eigenvalue weighted by Gasteiger charge is -2.06. The molecule has 2 aromatic carbocycles. The third kappa shape index (κ3) is 6.83. The Balaban J connectivity index is 0.00000123. The molecule has 0 heteroatoms. The van der Waals surface area contributed by atoms with Gasteiger partial charge in [0.2, 0.25) is 0 Å². The fourth-order valence-electron chi connectivity index (χ4n) is 2.16. The zero-order valence-electron chi connectivity index (χ0n) is 16.1. The topological polar surface area (TPSA) is 0 Å². The van der Waals surface area contributed by atoms with E-state index in [-0.39, 0.29) is 0 Å². The quantitative estimate of drug-likeness (QED) is 0.503. The van der Waals surface area contributed by atoms with Crippen LogP contribution in [0, 0.1) is 6.92 Å². The maximum Gasteiger partial charge on any atom is -0.0184 e. The zero-order valence-corrected chi connectivity index (χ0v) is 16.1. The first kappa shape index (κ1) is 21.7. The van der Waals surface area contributed by atoms with Crippen molar-refractivity contribution in [2.75, 3.05) is 0 Å². The van der Waals surface area contributed by atoms with Gasteiger partial charge in [0.25, 0.3) is 0 Å². The predicted octanol–water partition coefficient (Wildman–Crippen LogP) is 7.86. The first-order chi connectivity index (χ1) is 11.7. The fraction of sp³-hybridized carbons (Fsp3) is 0.250. The summed E-state index contributed by atoms with van der Waals surface area (Å²) in [6.07, 6.45) is 8.00. The summed E-state index contributed by atoms with van der Waals surface area (Å²) >= 11 is 0.